The fourth-order valence-corrected chi connectivity index (χ4v) is 4.29. The lowest BCUT2D eigenvalue weighted by molar-refractivity contribution is -0.134. The third kappa shape index (κ3) is 5.46. The molecule has 0 saturated carbocycles. The van der Waals surface area contributed by atoms with Gasteiger partial charge < -0.3 is 14.2 Å². The molecule has 0 bridgehead atoms. The van der Waals surface area contributed by atoms with Gasteiger partial charge in [0.25, 0.3) is 0 Å². The number of amides is 1. The van der Waals surface area contributed by atoms with E-state index < -0.39 is 0 Å². The van der Waals surface area contributed by atoms with Crippen LogP contribution in [0.1, 0.15) is 45.9 Å². The van der Waals surface area contributed by atoms with Crippen molar-refractivity contribution < 1.29 is 9.53 Å². The maximum Gasteiger partial charge on any atom is 0.223 e. The highest BCUT2D eigenvalue weighted by molar-refractivity contribution is 5.77. The zero-order chi connectivity index (χ0) is 21.8. The minimum Gasteiger partial charge on any atom is -0.486 e. The molecule has 3 aromatic rings. The van der Waals surface area contributed by atoms with Gasteiger partial charge in [0, 0.05) is 26.1 Å². The van der Waals surface area contributed by atoms with Crippen LogP contribution in [0.3, 0.4) is 0 Å². The number of hydrogen-bond donors (Lipinski definition) is 0. The monoisotopic (exact) mass is 419 g/mol. The summed E-state index contributed by atoms with van der Waals surface area (Å²) in [6.45, 7) is 9.43. The lowest BCUT2D eigenvalue weighted by Gasteiger charge is -2.34. The highest BCUT2D eigenvalue weighted by atomic mass is 16.5. The second-order valence-electron chi connectivity index (χ2n) is 9.79. The van der Waals surface area contributed by atoms with Crippen LogP contribution in [0, 0.1) is 11.3 Å². The van der Waals surface area contributed by atoms with E-state index in [-0.39, 0.29) is 11.3 Å². The lowest BCUT2D eigenvalue weighted by atomic mass is 9.90. The van der Waals surface area contributed by atoms with E-state index in [1.807, 2.05) is 41.3 Å². The van der Waals surface area contributed by atoms with Crippen molar-refractivity contribution in [3.8, 4) is 5.75 Å². The second kappa shape index (κ2) is 9.13. The molecule has 5 nitrogen and oxygen atoms in total. The molecule has 164 valence electrons. The number of imidazole rings is 1. The van der Waals surface area contributed by atoms with Crippen molar-refractivity contribution in [2.24, 2.45) is 11.3 Å². The molecule has 1 saturated heterocycles. The van der Waals surface area contributed by atoms with Gasteiger partial charge >= 0.3 is 0 Å². The van der Waals surface area contributed by atoms with Crippen LogP contribution in [0.4, 0.5) is 0 Å². The second-order valence-corrected chi connectivity index (χ2v) is 9.79. The van der Waals surface area contributed by atoms with Crippen LogP contribution in [0.25, 0.3) is 11.0 Å². The summed E-state index contributed by atoms with van der Waals surface area (Å²) in [6, 6.07) is 18.2. The number of carbonyl (C=O) groups excluding carboxylic acids is 1. The Labute approximate surface area is 185 Å². The Balaban J connectivity index is 1.44. The van der Waals surface area contributed by atoms with E-state index in [2.05, 4.69) is 43.5 Å². The number of benzene rings is 2. The number of hydrogen-bond acceptors (Lipinski definition) is 3. The number of para-hydroxylation sites is 3. The summed E-state index contributed by atoms with van der Waals surface area (Å²) >= 11 is 0. The first-order chi connectivity index (χ1) is 14.9. The standard InChI is InChI=1S/C26H33N3O2/c1-26(2,3)17-25(30)28-15-13-20(14-16-28)18-29-23-12-8-7-11-22(23)27-24(29)19-31-21-9-5-4-6-10-21/h4-12,20H,13-19H2,1-3H3. The Morgan fingerprint density at radius 3 is 2.42 bits per heavy atom. The van der Waals surface area contributed by atoms with Gasteiger partial charge in [-0.25, -0.2) is 4.98 Å². The smallest absolute Gasteiger partial charge is 0.223 e. The van der Waals surface area contributed by atoms with Crippen LogP contribution in [-0.2, 0) is 17.9 Å². The van der Waals surface area contributed by atoms with E-state index in [4.69, 9.17) is 9.72 Å². The number of rotatable bonds is 6. The van der Waals surface area contributed by atoms with Crippen molar-refractivity contribution in [2.45, 2.75) is 53.2 Å². The summed E-state index contributed by atoms with van der Waals surface area (Å²) < 4.78 is 8.33. The normalized spacial score (nSPS) is 15.4. The number of ether oxygens (including phenoxy) is 1. The molecule has 1 fully saturated rings. The van der Waals surface area contributed by atoms with E-state index in [9.17, 15) is 4.79 Å². The van der Waals surface area contributed by atoms with Crippen molar-refractivity contribution in [3.63, 3.8) is 0 Å². The lowest BCUT2D eigenvalue weighted by Crippen LogP contribution is -2.40. The quantitative estimate of drug-likeness (QED) is 0.545. The van der Waals surface area contributed by atoms with Crippen LogP contribution in [0.2, 0.25) is 0 Å². The van der Waals surface area contributed by atoms with Gasteiger partial charge in [0.2, 0.25) is 5.91 Å². The molecule has 0 unspecified atom stereocenters. The van der Waals surface area contributed by atoms with Gasteiger partial charge in [-0.3, -0.25) is 4.79 Å². The summed E-state index contributed by atoms with van der Waals surface area (Å²) in [7, 11) is 0. The van der Waals surface area contributed by atoms with E-state index in [0.717, 1.165) is 55.1 Å². The maximum atomic E-state index is 12.6. The van der Waals surface area contributed by atoms with Gasteiger partial charge in [0.1, 0.15) is 18.2 Å². The Bertz CT molecular complexity index is 1010. The SMILES string of the molecule is CC(C)(C)CC(=O)N1CCC(Cn2c(COc3ccccc3)nc3ccccc32)CC1. The first-order valence-corrected chi connectivity index (χ1v) is 11.3. The molecule has 0 aliphatic carbocycles. The Morgan fingerprint density at radius 1 is 1.03 bits per heavy atom. The third-order valence-electron chi connectivity index (χ3n) is 5.93. The van der Waals surface area contributed by atoms with Gasteiger partial charge in [-0.15, -0.1) is 0 Å². The van der Waals surface area contributed by atoms with Crippen molar-refractivity contribution >= 4 is 16.9 Å². The zero-order valence-corrected chi connectivity index (χ0v) is 18.9. The first-order valence-electron chi connectivity index (χ1n) is 11.3. The minimum atomic E-state index is 0.0390. The molecule has 0 radical (unpaired) electrons. The van der Waals surface area contributed by atoms with Gasteiger partial charge in [0.15, 0.2) is 0 Å². The summed E-state index contributed by atoms with van der Waals surface area (Å²) in [5.74, 6) is 2.63. The molecular weight excluding hydrogens is 386 g/mol. The van der Waals surface area contributed by atoms with Crippen molar-refractivity contribution in [1.29, 1.82) is 0 Å². The summed E-state index contributed by atoms with van der Waals surface area (Å²) in [6.07, 6.45) is 2.67. The first kappa shape index (κ1) is 21.4. The average Bonchev–Trinajstić information content (AvgIpc) is 3.10. The van der Waals surface area contributed by atoms with Crippen LogP contribution in [-0.4, -0.2) is 33.4 Å². The van der Waals surface area contributed by atoms with E-state index >= 15 is 0 Å². The highest BCUT2D eigenvalue weighted by Gasteiger charge is 2.26. The number of aromatic nitrogens is 2. The molecular formula is C26H33N3O2. The molecule has 2 heterocycles. The van der Waals surface area contributed by atoms with E-state index in [1.54, 1.807) is 0 Å². The van der Waals surface area contributed by atoms with Gasteiger partial charge in [0.05, 0.1) is 11.0 Å². The molecule has 5 heteroatoms. The van der Waals surface area contributed by atoms with Crippen LogP contribution >= 0.6 is 0 Å². The highest BCUT2D eigenvalue weighted by Crippen LogP contribution is 2.26. The summed E-state index contributed by atoms with van der Waals surface area (Å²) in [4.78, 5) is 19.5. The molecule has 0 atom stereocenters. The Hall–Kier alpha value is -2.82. The molecule has 0 N–H and O–H groups in total. The largest absolute Gasteiger partial charge is 0.486 e. The molecule has 2 aromatic carbocycles. The van der Waals surface area contributed by atoms with Crippen LogP contribution in [0.5, 0.6) is 5.75 Å². The summed E-state index contributed by atoms with van der Waals surface area (Å²) in [5.41, 5.74) is 2.20. The molecule has 1 aliphatic rings. The van der Waals surface area contributed by atoms with Crippen molar-refractivity contribution in [3.05, 3.63) is 60.4 Å². The fraction of sp³-hybridized carbons (Fsp3) is 0.462. The zero-order valence-electron chi connectivity index (χ0n) is 18.9. The van der Waals surface area contributed by atoms with Gasteiger partial charge in [-0.2, -0.15) is 0 Å². The molecule has 1 amide bonds. The number of piperidine rings is 1. The third-order valence-corrected chi connectivity index (χ3v) is 5.93. The van der Waals surface area contributed by atoms with Crippen LogP contribution in [0.15, 0.2) is 54.6 Å². The molecule has 1 aliphatic heterocycles. The topological polar surface area (TPSA) is 47.4 Å². The van der Waals surface area contributed by atoms with Crippen molar-refractivity contribution in [1.82, 2.24) is 14.5 Å². The van der Waals surface area contributed by atoms with Crippen LogP contribution < -0.4 is 4.74 Å². The maximum absolute atomic E-state index is 12.6. The number of nitrogens with zero attached hydrogens (tertiary/aromatic N) is 3. The molecule has 1 aromatic heterocycles. The van der Waals surface area contributed by atoms with Crippen molar-refractivity contribution in [2.75, 3.05) is 13.1 Å². The van der Waals surface area contributed by atoms with Gasteiger partial charge in [-0.05, 0) is 48.4 Å². The summed E-state index contributed by atoms with van der Waals surface area (Å²) in [5, 5.41) is 0. The van der Waals surface area contributed by atoms with E-state index in [1.165, 1.54) is 0 Å². The minimum absolute atomic E-state index is 0.0390. The fourth-order valence-electron chi connectivity index (χ4n) is 4.29. The molecule has 0 spiro atoms. The number of fused-ring (bicyclic) bond motifs is 1. The predicted octanol–water partition coefficient (Wildman–Crippen LogP) is 5.29. The number of carbonyl (C=O) groups is 1. The number of likely N-dealkylation sites (tertiary alicyclic amines) is 1. The molecule has 31 heavy (non-hydrogen) atoms. The van der Waals surface area contributed by atoms with E-state index in [0.29, 0.717) is 18.9 Å². The Kier molecular flexibility index (Phi) is 6.30. The molecule has 4 rings (SSSR count). The predicted molar refractivity (Wildman–Crippen MR) is 124 cm³/mol. The Morgan fingerprint density at radius 2 is 1.71 bits per heavy atom. The van der Waals surface area contributed by atoms with Gasteiger partial charge in [-0.1, -0.05) is 51.1 Å². The average molecular weight is 420 g/mol.